The number of hydrogen-bond acceptors (Lipinski definition) is 7. The summed E-state index contributed by atoms with van der Waals surface area (Å²) >= 11 is 0. The normalized spacial score (nSPS) is 46.0. The SMILES string of the molecule is C#CC12OC3OC(=O)C(CO[Si](C)(C)C(C)(C)C)C(C)(CC4OC41C)C2C3OCOC. The zero-order chi connectivity index (χ0) is 23.0. The van der Waals surface area contributed by atoms with Crippen LogP contribution in [0.1, 0.15) is 41.0 Å². The number of epoxide rings is 1. The second-order valence-electron chi connectivity index (χ2n) is 11.4. The maximum Gasteiger partial charge on any atom is 0.314 e. The van der Waals surface area contributed by atoms with Crippen LogP contribution in [0.2, 0.25) is 18.1 Å². The van der Waals surface area contributed by atoms with Gasteiger partial charge in [0.05, 0.1) is 12.0 Å². The van der Waals surface area contributed by atoms with Crippen LogP contribution in [0.5, 0.6) is 0 Å². The fourth-order valence-corrected chi connectivity index (χ4v) is 6.62. The topological polar surface area (TPSA) is 75.8 Å². The van der Waals surface area contributed by atoms with Gasteiger partial charge in [0, 0.05) is 19.6 Å². The fourth-order valence-electron chi connectivity index (χ4n) is 5.60. The monoisotopic (exact) mass is 452 g/mol. The van der Waals surface area contributed by atoms with Crippen LogP contribution >= 0.6 is 0 Å². The second kappa shape index (κ2) is 7.02. The summed E-state index contributed by atoms with van der Waals surface area (Å²) in [7, 11) is -0.521. The molecule has 1 aliphatic carbocycles. The minimum Gasteiger partial charge on any atom is -0.432 e. The molecule has 4 aliphatic rings. The van der Waals surface area contributed by atoms with E-state index < -0.39 is 43.2 Å². The highest BCUT2D eigenvalue weighted by molar-refractivity contribution is 6.74. The Labute approximate surface area is 186 Å². The van der Waals surface area contributed by atoms with Crippen LogP contribution < -0.4 is 0 Å². The van der Waals surface area contributed by atoms with Gasteiger partial charge in [-0.2, -0.15) is 0 Å². The number of ether oxygens (including phenoxy) is 5. The lowest BCUT2D eigenvalue weighted by Crippen LogP contribution is -2.63. The van der Waals surface area contributed by atoms with Crippen molar-refractivity contribution in [2.24, 2.45) is 17.3 Å². The van der Waals surface area contributed by atoms with Gasteiger partial charge in [0.1, 0.15) is 18.5 Å². The van der Waals surface area contributed by atoms with Gasteiger partial charge in [0.2, 0.25) is 6.29 Å². The van der Waals surface area contributed by atoms with E-state index in [0.29, 0.717) is 6.42 Å². The van der Waals surface area contributed by atoms with Gasteiger partial charge in [-0.3, -0.25) is 4.79 Å². The van der Waals surface area contributed by atoms with Gasteiger partial charge in [0.25, 0.3) is 0 Å². The molecular weight excluding hydrogens is 416 g/mol. The molecule has 8 unspecified atom stereocenters. The molecule has 3 aliphatic heterocycles. The molecule has 4 fully saturated rings. The number of fused-ring (bicyclic) bond motifs is 3. The molecule has 0 aromatic heterocycles. The van der Waals surface area contributed by atoms with Crippen LogP contribution in [0.3, 0.4) is 0 Å². The summed E-state index contributed by atoms with van der Waals surface area (Å²) in [6, 6.07) is 0. The van der Waals surface area contributed by atoms with Crippen molar-refractivity contribution < 1.29 is 32.9 Å². The summed E-state index contributed by atoms with van der Waals surface area (Å²) in [6.07, 6.45) is 5.26. The molecule has 8 heteroatoms. The average molecular weight is 453 g/mol. The van der Waals surface area contributed by atoms with Gasteiger partial charge < -0.3 is 28.1 Å². The highest BCUT2D eigenvalue weighted by atomic mass is 28.4. The van der Waals surface area contributed by atoms with E-state index in [1.807, 2.05) is 6.92 Å². The van der Waals surface area contributed by atoms with E-state index in [9.17, 15) is 4.79 Å². The first-order valence-electron chi connectivity index (χ1n) is 11.1. The minimum absolute atomic E-state index is 0.0298. The van der Waals surface area contributed by atoms with Crippen molar-refractivity contribution >= 4 is 14.3 Å². The highest BCUT2D eigenvalue weighted by Crippen LogP contribution is 2.69. The number of hydrogen-bond donors (Lipinski definition) is 0. The van der Waals surface area contributed by atoms with Gasteiger partial charge in [0.15, 0.2) is 13.9 Å². The van der Waals surface area contributed by atoms with Gasteiger partial charge in [-0.05, 0) is 36.9 Å². The Kier molecular flexibility index (Phi) is 5.26. The molecule has 0 spiro atoms. The summed E-state index contributed by atoms with van der Waals surface area (Å²) in [5, 5.41) is 0.0298. The fraction of sp³-hybridized carbons (Fsp3) is 0.870. The molecule has 1 saturated carbocycles. The Morgan fingerprint density at radius 2 is 1.94 bits per heavy atom. The van der Waals surface area contributed by atoms with Crippen LogP contribution in [0.4, 0.5) is 0 Å². The van der Waals surface area contributed by atoms with Crippen molar-refractivity contribution in [3.05, 3.63) is 0 Å². The first kappa shape index (κ1) is 23.2. The van der Waals surface area contributed by atoms with Crippen LogP contribution in [0.25, 0.3) is 0 Å². The standard InChI is InChI=1S/C23H36O7Si/c1-10-23-17-16(26-13-25-7)19(30-23)28-18(24)14(12-27-31(8,9)20(2,3)4)21(17,5)11-15-22(23,6)29-15/h1,14-17,19H,11-13H2,2-9H3. The second-order valence-corrected chi connectivity index (χ2v) is 16.2. The average Bonchev–Trinajstić information content (AvgIpc) is 3.21. The van der Waals surface area contributed by atoms with Crippen molar-refractivity contribution in [2.75, 3.05) is 20.5 Å². The van der Waals surface area contributed by atoms with E-state index in [1.165, 1.54) is 0 Å². The molecule has 0 amide bonds. The first-order valence-corrected chi connectivity index (χ1v) is 14.0. The van der Waals surface area contributed by atoms with Gasteiger partial charge in [-0.15, -0.1) is 6.42 Å². The number of methoxy groups -OCH3 is 1. The zero-order valence-electron chi connectivity index (χ0n) is 19.9. The number of carbonyl (C=O) groups is 1. The predicted molar refractivity (Wildman–Crippen MR) is 115 cm³/mol. The molecule has 8 atom stereocenters. The van der Waals surface area contributed by atoms with Crippen molar-refractivity contribution in [1.29, 1.82) is 0 Å². The van der Waals surface area contributed by atoms with E-state index in [4.69, 9.17) is 34.5 Å². The molecule has 4 rings (SSSR count). The molecule has 3 saturated heterocycles. The third kappa shape index (κ3) is 3.08. The smallest absolute Gasteiger partial charge is 0.314 e. The third-order valence-electron chi connectivity index (χ3n) is 8.68. The van der Waals surface area contributed by atoms with Crippen molar-refractivity contribution in [3.63, 3.8) is 0 Å². The predicted octanol–water partition coefficient (Wildman–Crippen LogP) is 3.08. The van der Waals surface area contributed by atoms with Crippen molar-refractivity contribution in [1.82, 2.24) is 0 Å². The molecular formula is C23H36O7Si. The summed E-state index contributed by atoms with van der Waals surface area (Å²) < 4.78 is 36.0. The molecule has 0 aromatic carbocycles. The molecule has 0 aromatic rings. The van der Waals surface area contributed by atoms with Gasteiger partial charge in [-0.25, -0.2) is 0 Å². The number of terminal acetylenes is 1. The molecule has 0 radical (unpaired) electrons. The lowest BCUT2D eigenvalue weighted by Gasteiger charge is -2.51. The molecule has 2 bridgehead atoms. The summed E-state index contributed by atoms with van der Waals surface area (Å²) in [5.74, 6) is 1.80. The maximum atomic E-state index is 13.3. The van der Waals surface area contributed by atoms with Crippen molar-refractivity contribution in [2.45, 2.75) is 88.9 Å². The molecule has 174 valence electrons. The first-order chi connectivity index (χ1) is 14.3. The zero-order valence-corrected chi connectivity index (χ0v) is 20.9. The highest BCUT2D eigenvalue weighted by Gasteiger charge is 2.83. The Morgan fingerprint density at radius 1 is 1.26 bits per heavy atom. The molecule has 3 heterocycles. The summed E-state index contributed by atoms with van der Waals surface area (Å²) in [5.41, 5.74) is -2.23. The molecule has 0 N–H and O–H groups in total. The number of esters is 1. The number of rotatable bonds is 6. The van der Waals surface area contributed by atoms with E-state index >= 15 is 0 Å². The van der Waals surface area contributed by atoms with E-state index in [2.05, 4.69) is 46.7 Å². The Hall–Kier alpha value is -0.953. The Balaban J connectivity index is 1.74. The largest absolute Gasteiger partial charge is 0.432 e. The Bertz CT molecular complexity index is 801. The van der Waals surface area contributed by atoms with E-state index in [0.717, 1.165) is 0 Å². The van der Waals surface area contributed by atoms with E-state index in [-0.39, 0.29) is 36.4 Å². The van der Waals surface area contributed by atoms with Crippen LogP contribution in [0, 0.1) is 29.6 Å². The minimum atomic E-state index is -2.08. The lowest BCUT2D eigenvalue weighted by molar-refractivity contribution is -0.221. The van der Waals surface area contributed by atoms with Crippen molar-refractivity contribution in [3.8, 4) is 12.3 Å². The third-order valence-corrected chi connectivity index (χ3v) is 13.2. The number of carbonyl (C=O) groups excluding carboxylic acids is 1. The maximum absolute atomic E-state index is 13.3. The van der Waals surface area contributed by atoms with Crippen LogP contribution in [-0.2, 0) is 32.9 Å². The van der Waals surface area contributed by atoms with Crippen LogP contribution in [0.15, 0.2) is 0 Å². The summed E-state index contributed by atoms with van der Waals surface area (Å²) in [4.78, 5) is 13.3. The molecule has 31 heavy (non-hydrogen) atoms. The summed E-state index contributed by atoms with van der Waals surface area (Å²) in [6.45, 7) is 15.3. The van der Waals surface area contributed by atoms with Gasteiger partial charge in [-0.1, -0.05) is 33.6 Å². The molecule has 7 nitrogen and oxygen atoms in total. The van der Waals surface area contributed by atoms with Crippen LogP contribution in [-0.4, -0.2) is 64.5 Å². The lowest BCUT2D eigenvalue weighted by atomic mass is 9.52. The quantitative estimate of drug-likeness (QED) is 0.202. The Morgan fingerprint density at radius 3 is 2.52 bits per heavy atom. The van der Waals surface area contributed by atoms with Gasteiger partial charge >= 0.3 is 5.97 Å². The van der Waals surface area contributed by atoms with E-state index in [1.54, 1.807) is 7.11 Å².